The first-order valence-corrected chi connectivity index (χ1v) is 6.75. The van der Waals surface area contributed by atoms with Gasteiger partial charge in [0.1, 0.15) is 4.34 Å². The third kappa shape index (κ3) is 3.04. The van der Waals surface area contributed by atoms with E-state index < -0.39 is 5.97 Å². The first-order valence-electron chi connectivity index (χ1n) is 4.89. The van der Waals surface area contributed by atoms with Gasteiger partial charge in [0, 0.05) is 23.0 Å². The number of thiazole rings is 1. The number of carbonyl (C=O) groups is 1. The summed E-state index contributed by atoms with van der Waals surface area (Å²) in [7, 11) is 0. The van der Waals surface area contributed by atoms with Gasteiger partial charge < -0.3 is 5.11 Å². The SMILES string of the molecule is Cc1csc(SCc2cccnc2C(=O)O)n1. The van der Waals surface area contributed by atoms with Gasteiger partial charge in [-0.1, -0.05) is 17.8 Å². The fraction of sp³-hybridized carbons (Fsp3) is 0.182. The molecule has 88 valence electrons. The molecule has 0 fully saturated rings. The quantitative estimate of drug-likeness (QED) is 0.862. The summed E-state index contributed by atoms with van der Waals surface area (Å²) in [5.74, 6) is -0.417. The van der Waals surface area contributed by atoms with Gasteiger partial charge in [-0.05, 0) is 18.6 Å². The predicted molar refractivity (Wildman–Crippen MR) is 67.6 cm³/mol. The number of aryl methyl sites for hydroxylation is 1. The molecular weight excluding hydrogens is 256 g/mol. The van der Waals surface area contributed by atoms with Crippen molar-refractivity contribution in [3.05, 3.63) is 40.7 Å². The summed E-state index contributed by atoms with van der Waals surface area (Å²) >= 11 is 3.10. The van der Waals surface area contributed by atoms with E-state index in [-0.39, 0.29) is 5.69 Å². The van der Waals surface area contributed by atoms with Crippen LogP contribution in [0.25, 0.3) is 0 Å². The van der Waals surface area contributed by atoms with Crippen molar-refractivity contribution in [1.29, 1.82) is 0 Å². The van der Waals surface area contributed by atoms with Crippen molar-refractivity contribution in [2.75, 3.05) is 0 Å². The first-order chi connectivity index (χ1) is 8.16. The zero-order valence-electron chi connectivity index (χ0n) is 9.08. The average molecular weight is 266 g/mol. The minimum Gasteiger partial charge on any atom is -0.477 e. The zero-order chi connectivity index (χ0) is 12.3. The van der Waals surface area contributed by atoms with Crippen molar-refractivity contribution in [3.8, 4) is 0 Å². The summed E-state index contributed by atoms with van der Waals surface area (Å²) in [4.78, 5) is 19.1. The number of aromatic carboxylic acids is 1. The van der Waals surface area contributed by atoms with Gasteiger partial charge in [0.25, 0.3) is 0 Å². The largest absolute Gasteiger partial charge is 0.477 e. The minimum absolute atomic E-state index is 0.119. The molecule has 0 aliphatic heterocycles. The Morgan fingerprint density at radius 1 is 1.59 bits per heavy atom. The maximum atomic E-state index is 11.0. The van der Waals surface area contributed by atoms with Crippen molar-refractivity contribution < 1.29 is 9.90 Å². The molecule has 0 saturated carbocycles. The summed E-state index contributed by atoms with van der Waals surface area (Å²) in [6, 6.07) is 3.53. The summed E-state index contributed by atoms with van der Waals surface area (Å²) in [6.07, 6.45) is 1.49. The van der Waals surface area contributed by atoms with E-state index in [9.17, 15) is 4.79 Å². The Labute approximate surface area is 107 Å². The number of aromatic nitrogens is 2. The standard InChI is InChI=1S/C11H10N2O2S2/c1-7-5-16-11(13-7)17-6-8-3-2-4-12-9(8)10(14)15/h2-5H,6H2,1H3,(H,14,15). The lowest BCUT2D eigenvalue weighted by Gasteiger charge is -2.02. The van der Waals surface area contributed by atoms with Gasteiger partial charge in [-0.2, -0.15) is 0 Å². The lowest BCUT2D eigenvalue weighted by Crippen LogP contribution is -2.04. The number of hydrogen-bond donors (Lipinski definition) is 1. The molecule has 0 aliphatic carbocycles. The Balaban J connectivity index is 2.11. The second-order valence-corrected chi connectivity index (χ2v) is 5.44. The number of carboxylic acids is 1. The van der Waals surface area contributed by atoms with E-state index in [1.807, 2.05) is 12.3 Å². The maximum absolute atomic E-state index is 11.0. The lowest BCUT2D eigenvalue weighted by molar-refractivity contribution is 0.0689. The van der Waals surface area contributed by atoms with Crippen LogP contribution in [0.2, 0.25) is 0 Å². The fourth-order valence-electron chi connectivity index (χ4n) is 1.29. The van der Waals surface area contributed by atoms with Crippen LogP contribution >= 0.6 is 23.1 Å². The van der Waals surface area contributed by atoms with Crippen LogP contribution in [-0.2, 0) is 5.75 Å². The van der Waals surface area contributed by atoms with Crippen molar-refractivity contribution in [3.63, 3.8) is 0 Å². The molecule has 0 radical (unpaired) electrons. The number of nitrogens with zero attached hydrogens (tertiary/aromatic N) is 2. The smallest absolute Gasteiger partial charge is 0.354 e. The number of carboxylic acid groups (broad SMARTS) is 1. The molecule has 0 spiro atoms. The molecule has 2 aromatic heterocycles. The topological polar surface area (TPSA) is 63.1 Å². The highest BCUT2D eigenvalue weighted by atomic mass is 32.2. The molecule has 4 nitrogen and oxygen atoms in total. The van der Waals surface area contributed by atoms with Gasteiger partial charge in [-0.3, -0.25) is 0 Å². The highest BCUT2D eigenvalue weighted by Crippen LogP contribution is 2.26. The van der Waals surface area contributed by atoms with E-state index in [1.54, 1.807) is 23.5 Å². The third-order valence-corrected chi connectivity index (χ3v) is 4.23. The van der Waals surface area contributed by atoms with Crippen molar-refractivity contribution in [1.82, 2.24) is 9.97 Å². The second-order valence-electron chi connectivity index (χ2n) is 3.36. The Kier molecular flexibility index (Phi) is 3.75. The van der Waals surface area contributed by atoms with Crippen LogP contribution in [0.3, 0.4) is 0 Å². The summed E-state index contributed by atoms with van der Waals surface area (Å²) in [5.41, 5.74) is 1.83. The van der Waals surface area contributed by atoms with Gasteiger partial charge in [-0.15, -0.1) is 11.3 Å². The molecule has 0 amide bonds. The molecule has 2 rings (SSSR count). The number of rotatable bonds is 4. The molecule has 0 unspecified atom stereocenters. The van der Waals surface area contributed by atoms with Crippen LogP contribution < -0.4 is 0 Å². The predicted octanol–water partition coefficient (Wildman–Crippen LogP) is 2.84. The Morgan fingerprint density at radius 3 is 3.06 bits per heavy atom. The highest BCUT2D eigenvalue weighted by molar-refractivity contribution is 8.00. The van der Waals surface area contributed by atoms with Gasteiger partial charge in [0.05, 0.1) is 0 Å². The second kappa shape index (κ2) is 5.29. The van der Waals surface area contributed by atoms with Gasteiger partial charge in [0.2, 0.25) is 0 Å². The Morgan fingerprint density at radius 2 is 2.41 bits per heavy atom. The van der Waals surface area contributed by atoms with Crippen LogP contribution in [0, 0.1) is 6.92 Å². The summed E-state index contributed by atoms with van der Waals surface area (Å²) in [5, 5.41) is 11.0. The van der Waals surface area contributed by atoms with Crippen LogP contribution in [0.5, 0.6) is 0 Å². The minimum atomic E-state index is -0.989. The zero-order valence-corrected chi connectivity index (χ0v) is 10.7. The molecule has 2 aromatic rings. The monoisotopic (exact) mass is 266 g/mol. The molecule has 17 heavy (non-hydrogen) atoms. The van der Waals surface area contributed by atoms with Crippen LogP contribution in [0.4, 0.5) is 0 Å². The van der Waals surface area contributed by atoms with E-state index in [2.05, 4.69) is 9.97 Å². The molecule has 0 aromatic carbocycles. The van der Waals surface area contributed by atoms with Crippen LogP contribution in [0.1, 0.15) is 21.7 Å². The van der Waals surface area contributed by atoms with Crippen molar-refractivity contribution in [2.24, 2.45) is 0 Å². The Hall–Kier alpha value is -1.40. The van der Waals surface area contributed by atoms with Gasteiger partial charge >= 0.3 is 5.97 Å². The van der Waals surface area contributed by atoms with E-state index in [1.165, 1.54) is 18.0 Å². The third-order valence-electron chi connectivity index (χ3n) is 2.04. The Bertz CT molecular complexity index is 540. The van der Waals surface area contributed by atoms with Crippen molar-refractivity contribution >= 4 is 29.1 Å². The van der Waals surface area contributed by atoms with Crippen molar-refractivity contribution in [2.45, 2.75) is 17.0 Å². The molecule has 0 bridgehead atoms. The summed E-state index contributed by atoms with van der Waals surface area (Å²) < 4.78 is 0.947. The number of thioether (sulfide) groups is 1. The molecule has 0 atom stereocenters. The van der Waals surface area contributed by atoms with E-state index in [0.29, 0.717) is 5.75 Å². The first kappa shape index (κ1) is 12.1. The molecule has 0 saturated heterocycles. The van der Waals surface area contributed by atoms with Crippen LogP contribution in [-0.4, -0.2) is 21.0 Å². The van der Waals surface area contributed by atoms with E-state index >= 15 is 0 Å². The summed E-state index contributed by atoms with van der Waals surface area (Å²) in [6.45, 7) is 1.94. The normalized spacial score (nSPS) is 10.4. The van der Waals surface area contributed by atoms with Gasteiger partial charge in [-0.25, -0.2) is 14.8 Å². The molecule has 0 aliphatic rings. The fourth-order valence-corrected chi connectivity index (χ4v) is 3.12. The van der Waals surface area contributed by atoms with Crippen LogP contribution in [0.15, 0.2) is 28.0 Å². The molecule has 6 heteroatoms. The average Bonchev–Trinajstić information content (AvgIpc) is 2.73. The van der Waals surface area contributed by atoms with Gasteiger partial charge in [0.15, 0.2) is 5.69 Å². The highest BCUT2D eigenvalue weighted by Gasteiger charge is 2.11. The van der Waals surface area contributed by atoms with E-state index in [0.717, 1.165) is 15.6 Å². The van der Waals surface area contributed by atoms with E-state index in [4.69, 9.17) is 5.11 Å². The number of hydrogen-bond acceptors (Lipinski definition) is 5. The lowest BCUT2D eigenvalue weighted by atomic mass is 10.2. The molecule has 1 N–H and O–H groups in total. The number of pyridine rings is 1. The molecular formula is C11H10N2O2S2. The molecule has 2 heterocycles. The maximum Gasteiger partial charge on any atom is 0.354 e.